The topological polar surface area (TPSA) is 75.6 Å². The third kappa shape index (κ3) is 4.44. The van der Waals surface area contributed by atoms with E-state index in [9.17, 15) is 27.9 Å². The molecular formula is C15H16F3NO4. The average Bonchev–Trinajstić information content (AvgIpc) is 2.52. The Bertz CT molecular complexity index is 565. The summed E-state index contributed by atoms with van der Waals surface area (Å²) in [5.41, 5.74) is -0.898. The summed E-state index contributed by atoms with van der Waals surface area (Å²) in [4.78, 5) is 23.4. The maximum atomic E-state index is 12.5. The number of carboxylic acids is 1. The molecule has 23 heavy (non-hydrogen) atoms. The van der Waals surface area contributed by atoms with Gasteiger partial charge in [-0.2, -0.15) is 13.2 Å². The van der Waals surface area contributed by atoms with E-state index >= 15 is 0 Å². The molecule has 2 N–H and O–H groups in total. The van der Waals surface area contributed by atoms with Crippen LogP contribution >= 0.6 is 0 Å². The van der Waals surface area contributed by atoms with E-state index in [0.29, 0.717) is 19.4 Å². The van der Waals surface area contributed by atoms with Crippen LogP contribution in [0.15, 0.2) is 24.3 Å². The van der Waals surface area contributed by atoms with Crippen LogP contribution in [0.1, 0.15) is 28.8 Å². The highest BCUT2D eigenvalue weighted by Crippen LogP contribution is 2.29. The van der Waals surface area contributed by atoms with Gasteiger partial charge in [0.25, 0.3) is 5.91 Å². The molecule has 0 spiro atoms. The first kappa shape index (κ1) is 17.3. The van der Waals surface area contributed by atoms with Crippen LogP contribution in [0.2, 0.25) is 0 Å². The molecule has 1 aliphatic heterocycles. The molecule has 1 aromatic carbocycles. The number of nitrogens with one attached hydrogen (secondary N) is 1. The van der Waals surface area contributed by atoms with Crippen molar-refractivity contribution in [3.8, 4) is 0 Å². The summed E-state index contributed by atoms with van der Waals surface area (Å²) in [6.07, 6.45) is -3.19. The Morgan fingerprint density at radius 1 is 1.26 bits per heavy atom. The second kappa shape index (κ2) is 6.99. The quantitative estimate of drug-likeness (QED) is 0.888. The first-order chi connectivity index (χ1) is 10.8. The number of hydrogen-bond donors (Lipinski definition) is 2. The highest BCUT2D eigenvalue weighted by molar-refractivity contribution is 5.96. The Labute approximate surface area is 130 Å². The van der Waals surface area contributed by atoms with Crippen LogP contribution in [0.3, 0.4) is 0 Å². The average molecular weight is 331 g/mol. The molecule has 1 aliphatic rings. The van der Waals surface area contributed by atoms with E-state index in [-0.39, 0.29) is 18.1 Å². The van der Waals surface area contributed by atoms with Crippen LogP contribution in [0.25, 0.3) is 0 Å². The zero-order valence-corrected chi connectivity index (χ0v) is 12.1. The summed E-state index contributed by atoms with van der Waals surface area (Å²) < 4.78 is 42.7. The number of ether oxygens (including phenoxy) is 1. The lowest BCUT2D eigenvalue weighted by Gasteiger charge is -2.28. The molecule has 0 aliphatic carbocycles. The summed E-state index contributed by atoms with van der Waals surface area (Å²) in [7, 11) is 0. The Kier molecular flexibility index (Phi) is 5.25. The zero-order chi connectivity index (χ0) is 17.0. The van der Waals surface area contributed by atoms with Crippen molar-refractivity contribution in [1.82, 2.24) is 5.32 Å². The van der Waals surface area contributed by atoms with Gasteiger partial charge in [0.2, 0.25) is 0 Å². The first-order valence-corrected chi connectivity index (χ1v) is 7.07. The van der Waals surface area contributed by atoms with Gasteiger partial charge in [0, 0.05) is 18.1 Å². The fourth-order valence-electron chi connectivity index (χ4n) is 2.44. The number of halogens is 3. The van der Waals surface area contributed by atoms with E-state index in [1.54, 1.807) is 0 Å². The van der Waals surface area contributed by atoms with Crippen molar-refractivity contribution in [2.45, 2.75) is 25.1 Å². The van der Waals surface area contributed by atoms with Gasteiger partial charge >= 0.3 is 12.1 Å². The SMILES string of the molecule is O=C(NC(C(=O)O)C1CCCOC1)c1ccc(C(F)(F)F)cc1. The Morgan fingerprint density at radius 2 is 1.91 bits per heavy atom. The highest BCUT2D eigenvalue weighted by atomic mass is 19.4. The molecule has 8 heteroatoms. The molecule has 1 aromatic rings. The second-order valence-corrected chi connectivity index (χ2v) is 5.34. The van der Waals surface area contributed by atoms with E-state index < -0.39 is 29.7 Å². The number of carbonyl (C=O) groups is 2. The molecule has 0 aromatic heterocycles. The molecule has 0 radical (unpaired) electrons. The summed E-state index contributed by atoms with van der Waals surface area (Å²) in [6.45, 7) is 0.778. The third-order valence-electron chi connectivity index (χ3n) is 3.69. The zero-order valence-electron chi connectivity index (χ0n) is 12.1. The standard InChI is InChI=1S/C15H16F3NO4/c16-15(17,18)11-5-3-9(4-6-11)13(20)19-12(14(21)22)10-2-1-7-23-8-10/h3-6,10,12H,1-2,7-8H2,(H,19,20)(H,21,22). The maximum Gasteiger partial charge on any atom is 0.416 e. The number of carboxylic acid groups (broad SMARTS) is 1. The molecule has 1 amide bonds. The predicted octanol–water partition coefficient (Wildman–Crippen LogP) is 2.32. The lowest BCUT2D eigenvalue weighted by Crippen LogP contribution is -2.48. The van der Waals surface area contributed by atoms with Gasteiger partial charge in [0.1, 0.15) is 6.04 Å². The fraction of sp³-hybridized carbons (Fsp3) is 0.467. The number of amides is 1. The summed E-state index contributed by atoms with van der Waals surface area (Å²) in [5.74, 6) is -2.28. The van der Waals surface area contributed by atoms with Crippen LogP contribution in [-0.2, 0) is 15.7 Å². The molecular weight excluding hydrogens is 315 g/mol. The van der Waals surface area contributed by atoms with Crippen molar-refractivity contribution in [2.24, 2.45) is 5.92 Å². The number of rotatable bonds is 4. The number of aliphatic carboxylic acids is 1. The van der Waals surface area contributed by atoms with Crippen molar-refractivity contribution < 1.29 is 32.6 Å². The maximum absolute atomic E-state index is 12.5. The summed E-state index contributed by atoms with van der Waals surface area (Å²) in [5, 5.41) is 11.6. The molecule has 1 heterocycles. The van der Waals surface area contributed by atoms with Gasteiger partial charge in [0.15, 0.2) is 0 Å². The second-order valence-electron chi connectivity index (χ2n) is 5.34. The number of carbonyl (C=O) groups excluding carboxylic acids is 1. The third-order valence-corrected chi connectivity index (χ3v) is 3.69. The molecule has 1 saturated heterocycles. The molecule has 126 valence electrons. The molecule has 0 saturated carbocycles. The number of alkyl halides is 3. The molecule has 0 bridgehead atoms. The van der Waals surface area contributed by atoms with Crippen LogP contribution in [0.5, 0.6) is 0 Å². The number of benzene rings is 1. The van der Waals surface area contributed by atoms with Gasteiger partial charge in [-0.25, -0.2) is 4.79 Å². The normalized spacial score (nSPS) is 19.9. The van der Waals surface area contributed by atoms with Gasteiger partial charge in [-0.05, 0) is 37.1 Å². The Hall–Kier alpha value is -2.09. The summed E-state index contributed by atoms with van der Waals surface area (Å²) >= 11 is 0. The van der Waals surface area contributed by atoms with Crippen molar-refractivity contribution in [1.29, 1.82) is 0 Å². The van der Waals surface area contributed by atoms with Crippen LogP contribution in [0.4, 0.5) is 13.2 Å². The van der Waals surface area contributed by atoms with Gasteiger partial charge in [-0.1, -0.05) is 0 Å². The molecule has 2 rings (SSSR count). The van der Waals surface area contributed by atoms with Gasteiger partial charge in [-0.15, -0.1) is 0 Å². The van der Waals surface area contributed by atoms with E-state index in [4.69, 9.17) is 4.74 Å². The molecule has 2 unspecified atom stereocenters. The predicted molar refractivity (Wildman–Crippen MR) is 73.9 cm³/mol. The highest BCUT2D eigenvalue weighted by Gasteiger charge is 2.32. The lowest BCUT2D eigenvalue weighted by molar-refractivity contribution is -0.142. The van der Waals surface area contributed by atoms with E-state index in [1.807, 2.05) is 0 Å². The minimum atomic E-state index is -4.49. The van der Waals surface area contributed by atoms with Crippen molar-refractivity contribution in [3.63, 3.8) is 0 Å². The lowest BCUT2D eigenvalue weighted by atomic mass is 9.93. The minimum Gasteiger partial charge on any atom is -0.480 e. The van der Waals surface area contributed by atoms with Crippen molar-refractivity contribution in [3.05, 3.63) is 35.4 Å². The van der Waals surface area contributed by atoms with Gasteiger partial charge in [0.05, 0.1) is 12.2 Å². The van der Waals surface area contributed by atoms with Crippen LogP contribution in [0, 0.1) is 5.92 Å². The van der Waals surface area contributed by atoms with Crippen molar-refractivity contribution >= 4 is 11.9 Å². The monoisotopic (exact) mass is 331 g/mol. The molecule has 2 atom stereocenters. The minimum absolute atomic E-state index is 0.0269. The van der Waals surface area contributed by atoms with E-state index in [1.165, 1.54) is 0 Å². The van der Waals surface area contributed by atoms with Crippen LogP contribution in [-0.4, -0.2) is 36.2 Å². The largest absolute Gasteiger partial charge is 0.480 e. The van der Waals surface area contributed by atoms with Gasteiger partial charge < -0.3 is 15.2 Å². The molecule has 1 fully saturated rings. The van der Waals surface area contributed by atoms with E-state index in [0.717, 1.165) is 24.3 Å². The van der Waals surface area contributed by atoms with Crippen LogP contribution < -0.4 is 5.32 Å². The van der Waals surface area contributed by atoms with Crippen molar-refractivity contribution in [2.75, 3.05) is 13.2 Å². The Balaban J connectivity index is 2.07. The fourth-order valence-corrected chi connectivity index (χ4v) is 2.44. The number of hydrogen-bond acceptors (Lipinski definition) is 3. The Morgan fingerprint density at radius 3 is 2.39 bits per heavy atom. The van der Waals surface area contributed by atoms with Gasteiger partial charge in [-0.3, -0.25) is 4.79 Å². The first-order valence-electron chi connectivity index (χ1n) is 7.07. The van der Waals surface area contributed by atoms with E-state index in [2.05, 4.69) is 5.32 Å². The summed E-state index contributed by atoms with van der Waals surface area (Å²) in [6, 6.07) is 2.48. The molecule has 5 nitrogen and oxygen atoms in total. The smallest absolute Gasteiger partial charge is 0.416 e.